The summed E-state index contributed by atoms with van der Waals surface area (Å²) in [6.07, 6.45) is 0. The Morgan fingerprint density at radius 1 is 0.132 bits per heavy atom. The number of halogens is 2. The van der Waals surface area contributed by atoms with Crippen molar-refractivity contribution >= 4 is 131 Å². The maximum Gasteiger partial charge on any atom is 1.00 e. The van der Waals surface area contributed by atoms with Gasteiger partial charge >= 0.3 is 58.4 Å². The van der Waals surface area contributed by atoms with E-state index in [2.05, 4.69) is 83.2 Å². The van der Waals surface area contributed by atoms with Crippen LogP contribution >= 0.6 is 83.2 Å². The molecule has 0 bridgehead atoms. The fourth-order valence-corrected chi connectivity index (χ4v) is 6.08. The number of hydrogen-bond donors (Lipinski definition) is 0. The molecule has 0 saturated heterocycles. The molecular weight excluding hydrogens is 1300 g/mol. The Labute approximate surface area is 482 Å². The van der Waals surface area contributed by atoms with Gasteiger partial charge in [0.25, 0.3) is 0 Å². The van der Waals surface area contributed by atoms with Crippen molar-refractivity contribution in [3.05, 3.63) is 273 Å². The van der Waals surface area contributed by atoms with Gasteiger partial charge in [-0.25, -0.2) is 0 Å². The predicted molar refractivity (Wildman–Crippen MR) is 322 cm³/mol. The molecule has 0 N–H and O–H groups in total. The van der Waals surface area contributed by atoms with E-state index in [1.54, 1.807) is 0 Å². The first kappa shape index (κ1) is 76.2. The summed E-state index contributed by atoms with van der Waals surface area (Å²) in [4.78, 5) is 0. The minimum Gasteiger partial charge on any atom is -1.00 e. The fourth-order valence-electron chi connectivity index (χ4n) is 4.08. The van der Waals surface area contributed by atoms with Gasteiger partial charge in [0.15, 0.2) is 0 Å². The Hall–Kier alpha value is -0.700. The van der Waals surface area contributed by atoms with Gasteiger partial charge in [0.05, 0.1) is 0 Å². The Balaban J connectivity index is -0.000000217. The molecule has 0 nitrogen and oxygen atoms in total. The van der Waals surface area contributed by atoms with Gasteiger partial charge in [0.1, 0.15) is 0 Å². The Morgan fingerprint density at radius 3 is 0.221 bits per heavy atom. The second-order valence-corrected chi connectivity index (χ2v) is 18.7. The quantitative estimate of drug-likeness (QED) is 0.153. The van der Waals surface area contributed by atoms with E-state index >= 15 is 0 Å². The first-order chi connectivity index (χ1) is 30.5. The van der Waals surface area contributed by atoms with Crippen molar-refractivity contribution in [2.75, 3.05) is 0 Å². The minimum absolute atomic E-state index is 0. The van der Waals surface area contributed by atoms with Crippen LogP contribution in [0.15, 0.2) is 273 Å². The van der Waals surface area contributed by atoms with Crippen LogP contribution < -0.4 is 72.6 Å². The summed E-state index contributed by atoms with van der Waals surface area (Å²) in [6, 6.07) is 91.2. The van der Waals surface area contributed by atoms with Crippen LogP contribution in [-0.2, 0) is 58.4 Å². The standard InChI is InChI=1S/9C6H7P.2ClH.3Ru/c9*7-6-4-2-1-3-5-6;;;;;/h9*1-5H,7H2;2*1H;;;/q;;;;;;;;;;;3*+1/p-2. The molecule has 9 unspecified atom stereocenters. The Kier molecular flexibility index (Phi) is 62.3. The minimum atomic E-state index is 0. The summed E-state index contributed by atoms with van der Waals surface area (Å²) in [5, 5.41) is 11.1. The largest absolute Gasteiger partial charge is 1.00 e. The zero-order valence-electron chi connectivity index (χ0n) is 37.5. The van der Waals surface area contributed by atoms with E-state index in [9.17, 15) is 0 Å². The van der Waals surface area contributed by atoms with E-state index in [1.807, 2.05) is 273 Å². The molecule has 0 aliphatic heterocycles. The van der Waals surface area contributed by atoms with Crippen molar-refractivity contribution < 1.29 is 83.2 Å². The molecule has 0 aliphatic carbocycles. The van der Waals surface area contributed by atoms with Crippen molar-refractivity contribution in [3.63, 3.8) is 0 Å². The Bertz CT molecular complexity index is 1770. The molecule has 0 saturated carbocycles. The van der Waals surface area contributed by atoms with Crippen LogP contribution in [0, 0.1) is 0 Å². The summed E-state index contributed by atoms with van der Waals surface area (Å²) < 4.78 is 0. The molecule has 0 aliphatic rings. The molecule has 9 aromatic rings. The van der Waals surface area contributed by atoms with Gasteiger partial charge in [-0.05, 0) is 47.7 Å². The van der Waals surface area contributed by atoms with Crippen LogP contribution in [0.2, 0.25) is 0 Å². The monoisotopic (exact) mass is 1370 g/mol. The molecule has 14 heteroatoms. The SMILES string of the molecule is Pc1ccccc1.Pc1ccccc1.Pc1ccccc1.Pc1ccccc1.Pc1ccccc1.Pc1ccccc1.Pc1ccccc1.Pc1ccccc1.Pc1ccccc1.[Cl-].[Cl-].[Ru+].[Ru+].[Ru+]. The summed E-state index contributed by atoms with van der Waals surface area (Å²) in [7, 11) is 23.7. The zero-order chi connectivity index (χ0) is 46.0. The fraction of sp³-hybridized carbons (Fsp3) is 0. The van der Waals surface area contributed by atoms with E-state index in [0.29, 0.717) is 0 Å². The third-order valence-corrected chi connectivity index (χ3v) is 10.7. The number of benzene rings is 9. The first-order valence-corrected chi connectivity index (χ1v) is 25.0. The molecule has 0 heterocycles. The third kappa shape index (κ3) is 53.1. The van der Waals surface area contributed by atoms with Gasteiger partial charge in [0.2, 0.25) is 0 Å². The van der Waals surface area contributed by atoms with Gasteiger partial charge in [0, 0.05) is 0 Å². The molecule has 0 spiro atoms. The van der Waals surface area contributed by atoms with Crippen molar-refractivity contribution in [1.82, 2.24) is 0 Å². The van der Waals surface area contributed by atoms with E-state index in [-0.39, 0.29) is 83.2 Å². The molecule has 9 atom stereocenters. The predicted octanol–water partition coefficient (Wildman–Crippen LogP) is 4.68. The van der Waals surface area contributed by atoms with Gasteiger partial charge < -0.3 is 24.8 Å². The smallest absolute Gasteiger partial charge is 1.00 e. The van der Waals surface area contributed by atoms with Crippen molar-refractivity contribution in [2.45, 2.75) is 0 Å². The van der Waals surface area contributed by atoms with E-state index in [1.165, 1.54) is 47.7 Å². The molecule has 9 aromatic carbocycles. The average Bonchev–Trinajstić information content (AvgIpc) is 3.31. The van der Waals surface area contributed by atoms with Gasteiger partial charge in [-0.15, -0.1) is 83.2 Å². The maximum atomic E-state index is 2.63. The van der Waals surface area contributed by atoms with Gasteiger partial charge in [-0.3, -0.25) is 0 Å². The van der Waals surface area contributed by atoms with Gasteiger partial charge in [-0.1, -0.05) is 273 Å². The molecule has 0 fully saturated rings. The van der Waals surface area contributed by atoms with Crippen LogP contribution in [0.3, 0.4) is 0 Å². The van der Waals surface area contributed by atoms with Crippen LogP contribution in [-0.4, -0.2) is 0 Å². The van der Waals surface area contributed by atoms with Crippen LogP contribution in [0.1, 0.15) is 0 Å². The molecule has 3 radical (unpaired) electrons. The zero-order valence-corrected chi connectivity index (χ0v) is 54.6. The molecular formula is C54H63Cl2P9Ru3+. The van der Waals surface area contributed by atoms with E-state index in [0.717, 1.165) is 0 Å². The third-order valence-electron chi connectivity index (χ3n) is 7.20. The van der Waals surface area contributed by atoms with Crippen molar-refractivity contribution in [3.8, 4) is 0 Å². The molecule has 361 valence electrons. The number of rotatable bonds is 0. The van der Waals surface area contributed by atoms with E-state index in [4.69, 9.17) is 0 Å². The summed E-state index contributed by atoms with van der Waals surface area (Å²) in [5.41, 5.74) is 0. The number of hydrogen-bond acceptors (Lipinski definition) is 0. The second-order valence-electron chi connectivity index (χ2n) is 12.7. The molecule has 0 amide bonds. The summed E-state index contributed by atoms with van der Waals surface area (Å²) >= 11 is 0. The molecule has 68 heavy (non-hydrogen) atoms. The molecule has 0 aromatic heterocycles. The average molecular weight is 1360 g/mol. The topological polar surface area (TPSA) is 0 Å². The molecule has 9 rings (SSSR count). The summed E-state index contributed by atoms with van der Waals surface area (Å²) in [6.45, 7) is 0. The van der Waals surface area contributed by atoms with Crippen LogP contribution in [0.4, 0.5) is 0 Å². The first-order valence-electron chi connectivity index (χ1n) is 19.8. The van der Waals surface area contributed by atoms with Crippen LogP contribution in [0.25, 0.3) is 0 Å². The van der Waals surface area contributed by atoms with Crippen molar-refractivity contribution in [1.29, 1.82) is 0 Å². The second kappa shape index (κ2) is 55.6. The van der Waals surface area contributed by atoms with Crippen LogP contribution in [0.5, 0.6) is 0 Å². The summed E-state index contributed by atoms with van der Waals surface area (Å²) in [5.74, 6) is 0. The van der Waals surface area contributed by atoms with E-state index < -0.39 is 0 Å². The maximum absolute atomic E-state index is 2.63. The van der Waals surface area contributed by atoms with Crippen molar-refractivity contribution in [2.24, 2.45) is 0 Å². The Morgan fingerprint density at radius 2 is 0.191 bits per heavy atom. The normalized spacial score (nSPS) is 8.07. The van der Waals surface area contributed by atoms with Gasteiger partial charge in [-0.2, -0.15) is 0 Å².